The van der Waals surface area contributed by atoms with Gasteiger partial charge in [-0.15, -0.1) is 0 Å². The third kappa shape index (κ3) is 2.42. The maximum absolute atomic E-state index is 7.47. The molecule has 2 aliphatic rings. The van der Waals surface area contributed by atoms with Crippen LogP contribution in [0.15, 0.2) is 18.3 Å². The van der Waals surface area contributed by atoms with E-state index in [2.05, 4.69) is 16.0 Å². The van der Waals surface area contributed by atoms with Crippen molar-refractivity contribution in [2.75, 3.05) is 31.2 Å². The lowest BCUT2D eigenvalue weighted by atomic mass is 9.90. The maximum atomic E-state index is 7.47. The van der Waals surface area contributed by atoms with Crippen molar-refractivity contribution >= 4 is 11.7 Å². The Morgan fingerprint density at radius 2 is 2.11 bits per heavy atom. The number of amidine groups is 1. The number of aromatic nitrogens is 1. The fraction of sp³-hybridized carbons (Fsp3) is 0.571. The fourth-order valence-corrected chi connectivity index (χ4v) is 2.85. The van der Waals surface area contributed by atoms with Gasteiger partial charge >= 0.3 is 0 Å². The van der Waals surface area contributed by atoms with Gasteiger partial charge in [-0.1, -0.05) is 6.07 Å². The molecule has 3 heterocycles. The molecule has 2 fully saturated rings. The molecule has 0 amide bonds. The molecule has 0 aliphatic carbocycles. The third-order valence-electron chi connectivity index (χ3n) is 4.10. The number of rotatable bonds is 3. The van der Waals surface area contributed by atoms with Crippen molar-refractivity contribution in [3.8, 4) is 0 Å². The van der Waals surface area contributed by atoms with Gasteiger partial charge in [0.1, 0.15) is 5.82 Å². The van der Waals surface area contributed by atoms with Crippen molar-refractivity contribution in [3.05, 3.63) is 23.9 Å². The van der Waals surface area contributed by atoms with Crippen LogP contribution in [0.25, 0.3) is 0 Å². The molecule has 0 aromatic carbocycles. The Bertz CT molecular complexity index is 464. The predicted octanol–water partition coefficient (Wildman–Crippen LogP) is 1.35. The van der Waals surface area contributed by atoms with Crippen molar-refractivity contribution < 1.29 is 4.74 Å². The molecule has 0 saturated carbocycles. The number of nitrogens with zero attached hydrogens (tertiary/aromatic N) is 2. The van der Waals surface area contributed by atoms with Crippen molar-refractivity contribution in [1.29, 1.82) is 5.41 Å². The second-order valence-electron chi connectivity index (χ2n) is 5.36. The first kappa shape index (κ1) is 12.4. The van der Waals surface area contributed by atoms with Crippen molar-refractivity contribution in [1.82, 2.24) is 4.98 Å². The Morgan fingerprint density at radius 3 is 2.79 bits per heavy atom. The summed E-state index contributed by atoms with van der Waals surface area (Å²) in [5, 5.41) is 7.47. The number of hydrogen-bond acceptors (Lipinski definition) is 4. The van der Waals surface area contributed by atoms with E-state index in [1.807, 2.05) is 12.3 Å². The lowest BCUT2D eigenvalue weighted by Crippen LogP contribution is -2.53. The van der Waals surface area contributed by atoms with E-state index >= 15 is 0 Å². The van der Waals surface area contributed by atoms with E-state index in [0.29, 0.717) is 11.8 Å². The van der Waals surface area contributed by atoms with E-state index in [9.17, 15) is 0 Å². The Morgan fingerprint density at radius 1 is 1.37 bits per heavy atom. The fourth-order valence-electron chi connectivity index (χ4n) is 2.85. The first-order valence-electron chi connectivity index (χ1n) is 6.87. The molecule has 2 aliphatic heterocycles. The van der Waals surface area contributed by atoms with Crippen LogP contribution < -0.4 is 10.6 Å². The highest BCUT2D eigenvalue weighted by Gasteiger charge is 2.32. The standard InChI is InChI=1S/C14H20N4O/c15-13(16)11-8-18(9-11)14-12(2-1-5-17-14)10-3-6-19-7-4-10/h1-2,5,10-11H,3-4,6-9H2,(H3,15,16). The zero-order chi connectivity index (χ0) is 13.2. The van der Waals surface area contributed by atoms with Crippen molar-refractivity contribution in [2.24, 2.45) is 11.7 Å². The monoisotopic (exact) mass is 260 g/mol. The van der Waals surface area contributed by atoms with E-state index in [4.69, 9.17) is 15.9 Å². The van der Waals surface area contributed by atoms with E-state index in [1.165, 1.54) is 5.56 Å². The first-order chi connectivity index (χ1) is 9.25. The Hall–Kier alpha value is -1.62. The normalized spacial score (nSPS) is 21.2. The van der Waals surface area contributed by atoms with Crippen LogP contribution in [-0.4, -0.2) is 37.1 Å². The Balaban J connectivity index is 1.76. The van der Waals surface area contributed by atoms with Crippen LogP contribution in [0.5, 0.6) is 0 Å². The summed E-state index contributed by atoms with van der Waals surface area (Å²) in [5.74, 6) is 2.12. The lowest BCUT2D eigenvalue weighted by Gasteiger charge is -2.41. The van der Waals surface area contributed by atoms with Crippen LogP contribution >= 0.6 is 0 Å². The summed E-state index contributed by atoms with van der Waals surface area (Å²) in [4.78, 5) is 6.78. The van der Waals surface area contributed by atoms with Crippen LogP contribution in [0.1, 0.15) is 24.3 Å². The number of hydrogen-bond donors (Lipinski definition) is 2. The number of ether oxygens (including phenoxy) is 1. The van der Waals surface area contributed by atoms with Gasteiger partial charge in [0.2, 0.25) is 0 Å². The highest BCUT2D eigenvalue weighted by atomic mass is 16.5. The van der Waals surface area contributed by atoms with Gasteiger partial charge in [-0.25, -0.2) is 4.98 Å². The molecule has 3 N–H and O–H groups in total. The minimum absolute atomic E-state index is 0.199. The van der Waals surface area contributed by atoms with E-state index in [-0.39, 0.29) is 5.92 Å². The highest BCUT2D eigenvalue weighted by Crippen LogP contribution is 2.35. The molecule has 0 spiro atoms. The average molecular weight is 260 g/mol. The van der Waals surface area contributed by atoms with Gasteiger partial charge in [-0.05, 0) is 30.4 Å². The van der Waals surface area contributed by atoms with Crippen molar-refractivity contribution in [2.45, 2.75) is 18.8 Å². The molecule has 3 rings (SSSR count). The van der Waals surface area contributed by atoms with E-state index < -0.39 is 0 Å². The van der Waals surface area contributed by atoms with Gasteiger partial charge in [0.15, 0.2) is 0 Å². The van der Waals surface area contributed by atoms with Gasteiger partial charge in [-0.3, -0.25) is 5.41 Å². The smallest absolute Gasteiger partial charge is 0.132 e. The molecular weight excluding hydrogens is 240 g/mol. The third-order valence-corrected chi connectivity index (χ3v) is 4.10. The lowest BCUT2D eigenvalue weighted by molar-refractivity contribution is 0.0853. The van der Waals surface area contributed by atoms with Crippen LogP contribution in [-0.2, 0) is 4.74 Å². The van der Waals surface area contributed by atoms with Gasteiger partial charge in [-0.2, -0.15) is 0 Å². The highest BCUT2D eigenvalue weighted by molar-refractivity contribution is 5.82. The molecular formula is C14H20N4O. The molecule has 5 nitrogen and oxygen atoms in total. The number of nitrogens with two attached hydrogens (primary N) is 1. The average Bonchev–Trinajstić information content (AvgIpc) is 2.38. The second-order valence-corrected chi connectivity index (χ2v) is 5.36. The minimum atomic E-state index is 0.199. The zero-order valence-corrected chi connectivity index (χ0v) is 11.0. The second kappa shape index (κ2) is 5.17. The molecule has 19 heavy (non-hydrogen) atoms. The van der Waals surface area contributed by atoms with Gasteiger partial charge in [0.25, 0.3) is 0 Å². The summed E-state index contributed by atoms with van der Waals surface area (Å²) in [6, 6.07) is 4.19. The van der Waals surface area contributed by atoms with Crippen LogP contribution in [0, 0.1) is 11.3 Å². The topological polar surface area (TPSA) is 75.2 Å². The summed E-state index contributed by atoms with van der Waals surface area (Å²) in [7, 11) is 0. The first-order valence-corrected chi connectivity index (χ1v) is 6.87. The molecule has 0 unspecified atom stereocenters. The predicted molar refractivity (Wildman–Crippen MR) is 74.6 cm³/mol. The van der Waals surface area contributed by atoms with Crippen LogP contribution in [0.3, 0.4) is 0 Å². The molecule has 0 bridgehead atoms. The zero-order valence-electron chi connectivity index (χ0n) is 11.0. The summed E-state index contributed by atoms with van der Waals surface area (Å²) < 4.78 is 5.43. The molecule has 2 saturated heterocycles. The molecule has 0 radical (unpaired) electrons. The molecule has 5 heteroatoms. The van der Waals surface area contributed by atoms with Crippen LogP contribution in [0.4, 0.5) is 5.82 Å². The quantitative estimate of drug-likeness (QED) is 0.635. The molecule has 1 aromatic rings. The Kier molecular flexibility index (Phi) is 3.38. The van der Waals surface area contributed by atoms with Gasteiger partial charge < -0.3 is 15.4 Å². The summed E-state index contributed by atoms with van der Waals surface area (Å²) in [5.41, 5.74) is 6.87. The number of pyridine rings is 1. The van der Waals surface area contributed by atoms with Crippen LogP contribution in [0.2, 0.25) is 0 Å². The summed E-state index contributed by atoms with van der Waals surface area (Å²) in [6.07, 6.45) is 3.99. The maximum Gasteiger partial charge on any atom is 0.132 e. The van der Waals surface area contributed by atoms with Gasteiger partial charge in [0, 0.05) is 32.5 Å². The minimum Gasteiger partial charge on any atom is -0.387 e. The molecule has 0 atom stereocenters. The Labute approximate surface area is 113 Å². The van der Waals surface area contributed by atoms with Crippen molar-refractivity contribution in [3.63, 3.8) is 0 Å². The number of nitrogens with one attached hydrogen (secondary N) is 1. The van der Waals surface area contributed by atoms with Gasteiger partial charge in [0.05, 0.1) is 11.8 Å². The number of anilines is 1. The van der Waals surface area contributed by atoms with E-state index in [1.54, 1.807) is 0 Å². The largest absolute Gasteiger partial charge is 0.387 e. The summed E-state index contributed by atoms with van der Waals surface area (Å²) >= 11 is 0. The van der Waals surface area contributed by atoms with E-state index in [0.717, 1.165) is 45.0 Å². The SMILES string of the molecule is N=C(N)C1CN(c2ncccc2C2CCOCC2)C1. The molecule has 1 aromatic heterocycles. The summed E-state index contributed by atoms with van der Waals surface area (Å²) in [6.45, 7) is 3.33. The molecule has 102 valence electrons.